The van der Waals surface area contributed by atoms with Gasteiger partial charge in [0.25, 0.3) is 5.91 Å². The van der Waals surface area contributed by atoms with Gasteiger partial charge in [0.15, 0.2) is 0 Å². The average molecular weight is 349 g/mol. The van der Waals surface area contributed by atoms with Crippen molar-refractivity contribution >= 4 is 47.7 Å². The molecule has 2 heterocycles. The molecule has 1 aliphatic rings. The summed E-state index contributed by atoms with van der Waals surface area (Å²) in [7, 11) is 1.82. The summed E-state index contributed by atoms with van der Waals surface area (Å²) in [6.07, 6.45) is 4.44. The van der Waals surface area contributed by atoms with Crippen LogP contribution in [0.2, 0.25) is 0 Å². The van der Waals surface area contributed by atoms with Gasteiger partial charge in [-0.05, 0) is 25.0 Å². The number of carbonyl (C=O) groups is 1. The third-order valence-corrected chi connectivity index (χ3v) is 4.45. The van der Waals surface area contributed by atoms with Crippen molar-refractivity contribution in [1.82, 2.24) is 9.78 Å². The van der Waals surface area contributed by atoms with Gasteiger partial charge in [0, 0.05) is 30.1 Å². The second-order valence-corrected chi connectivity index (χ2v) is 6.24. The van der Waals surface area contributed by atoms with Crippen LogP contribution < -0.4 is 11.1 Å². The lowest BCUT2D eigenvalue weighted by Gasteiger charge is -1.98. The number of anilines is 1. The Morgan fingerprint density at radius 1 is 1.52 bits per heavy atom. The number of nitrogens with two attached hydrogens (primary N) is 1. The van der Waals surface area contributed by atoms with E-state index in [4.69, 9.17) is 5.73 Å². The molecule has 0 radical (unpaired) electrons. The van der Waals surface area contributed by atoms with Crippen molar-refractivity contribution in [2.75, 3.05) is 5.32 Å². The highest BCUT2D eigenvalue weighted by molar-refractivity contribution is 7.14. The van der Waals surface area contributed by atoms with Crippen LogP contribution >= 0.6 is 36.2 Å². The van der Waals surface area contributed by atoms with Gasteiger partial charge in [-0.15, -0.1) is 36.2 Å². The van der Waals surface area contributed by atoms with E-state index < -0.39 is 0 Å². The summed E-state index contributed by atoms with van der Waals surface area (Å²) in [6.45, 7) is 2.05. The summed E-state index contributed by atoms with van der Waals surface area (Å²) >= 11 is 1.52. The second kappa shape index (κ2) is 6.79. The predicted molar refractivity (Wildman–Crippen MR) is 90.0 cm³/mol. The largest absolute Gasteiger partial charge is 0.327 e. The zero-order valence-corrected chi connectivity index (χ0v) is 14.1. The average Bonchev–Trinajstić information content (AvgIpc) is 2.75. The van der Waals surface area contributed by atoms with E-state index in [1.54, 1.807) is 17.1 Å². The monoisotopic (exact) mass is 348 g/mol. The number of aromatic nitrogens is 2. The van der Waals surface area contributed by atoms with E-state index in [2.05, 4.69) is 10.4 Å². The number of hydrogen-bond acceptors (Lipinski definition) is 4. The number of hydrogen-bond donors (Lipinski definition) is 2. The van der Waals surface area contributed by atoms with Gasteiger partial charge in [-0.3, -0.25) is 9.48 Å². The first kappa shape index (κ1) is 18.0. The minimum Gasteiger partial charge on any atom is -0.327 e. The minimum atomic E-state index is -0.0819. The van der Waals surface area contributed by atoms with Gasteiger partial charge >= 0.3 is 0 Å². The lowest BCUT2D eigenvalue weighted by Crippen LogP contribution is -2.09. The first-order valence-corrected chi connectivity index (χ1v) is 7.02. The highest BCUT2D eigenvalue weighted by Crippen LogP contribution is 2.43. The van der Waals surface area contributed by atoms with Gasteiger partial charge in [-0.25, -0.2) is 0 Å². The maximum atomic E-state index is 12.1. The van der Waals surface area contributed by atoms with Crippen molar-refractivity contribution in [3.05, 3.63) is 33.8 Å². The van der Waals surface area contributed by atoms with Crippen LogP contribution in [0.25, 0.3) is 0 Å². The summed E-state index contributed by atoms with van der Waals surface area (Å²) in [5.74, 6) is 0.359. The second-order valence-electron chi connectivity index (χ2n) is 4.99. The van der Waals surface area contributed by atoms with Gasteiger partial charge in [0.1, 0.15) is 0 Å². The van der Waals surface area contributed by atoms with Crippen molar-refractivity contribution in [2.45, 2.75) is 25.3 Å². The molecule has 1 fully saturated rings. The Bertz CT molecular complexity index is 640. The number of amides is 1. The Balaban J connectivity index is 0.00000110. The summed E-state index contributed by atoms with van der Waals surface area (Å²) in [6, 6.07) is 2.24. The molecule has 116 valence electrons. The quantitative estimate of drug-likeness (QED) is 0.895. The lowest BCUT2D eigenvalue weighted by molar-refractivity contribution is 0.103. The molecule has 1 amide bonds. The number of halogens is 2. The number of thiophene rings is 1. The molecule has 2 aromatic heterocycles. The molecule has 0 bridgehead atoms. The number of nitrogens with one attached hydrogen (secondary N) is 1. The molecule has 2 aromatic rings. The molecule has 2 unspecified atom stereocenters. The fourth-order valence-corrected chi connectivity index (χ4v) is 3.21. The van der Waals surface area contributed by atoms with Gasteiger partial charge < -0.3 is 11.1 Å². The van der Waals surface area contributed by atoms with Crippen LogP contribution in [0.4, 0.5) is 5.69 Å². The molecule has 5 nitrogen and oxygen atoms in total. The molecule has 0 aromatic carbocycles. The van der Waals surface area contributed by atoms with Crippen LogP contribution in [0.3, 0.4) is 0 Å². The van der Waals surface area contributed by atoms with Crippen LogP contribution in [-0.4, -0.2) is 21.7 Å². The fourth-order valence-electron chi connectivity index (χ4n) is 2.23. The zero-order chi connectivity index (χ0) is 13.6. The van der Waals surface area contributed by atoms with Crippen LogP contribution in [0.15, 0.2) is 18.5 Å². The molecular weight excluding hydrogens is 331 g/mol. The predicted octanol–water partition coefficient (Wildman–Crippen LogP) is 2.70. The molecule has 3 rings (SSSR count). The molecule has 3 N–H and O–H groups in total. The van der Waals surface area contributed by atoms with Crippen LogP contribution in [-0.2, 0) is 7.05 Å². The minimum absolute atomic E-state index is 0. The SMILES string of the molecule is Cc1sc(C(=O)Nc2cnn(C)c2)cc1C1CC1N.Cl.Cl. The number of carbonyl (C=O) groups excluding carboxylic acids is 1. The maximum absolute atomic E-state index is 12.1. The smallest absolute Gasteiger partial charge is 0.265 e. The third kappa shape index (κ3) is 3.77. The van der Waals surface area contributed by atoms with Gasteiger partial charge in [-0.1, -0.05) is 0 Å². The van der Waals surface area contributed by atoms with E-state index in [0.717, 1.165) is 11.3 Å². The topological polar surface area (TPSA) is 72.9 Å². The lowest BCUT2D eigenvalue weighted by atomic mass is 10.1. The van der Waals surface area contributed by atoms with Crippen molar-refractivity contribution in [2.24, 2.45) is 12.8 Å². The van der Waals surface area contributed by atoms with E-state index in [9.17, 15) is 4.79 Å². The standard InChI is InChI=1S/C13H16N4OS.2ClH/c1-7-9(10-3-11(10)14)4-12(19-7)13(18)16-8-5-15-17(2)6-8;;/h4-6,10-11H,3,14H2,1-2H3,(H,16,18);2*1H. The van der Waals surface area contributed by atoms with E-state index >= 15 is 0 Å². The molecule has 2 atom stereocenters. The highest BCUT2D eigenvalue weighted by atomic mass is 35.5. The van der Waals surface area contributed by atoms with E-state index in [-0.39, 0.29) is 36.8 Å². The van der Waals surface area contributed by atoms with Crippen molar-refractivity contribution in [1.29, 1.82) is 0 Å². The third-order valence-electron chi connectivity index (χ3n) is 3.38. The summed E-state index contributed by atoms with van der Waals surface area (Å²) in [5.41, 5.74) is 7.81. The van der Waals surface area contributed by atoms with Crippen molar-refractivity contribution < 1.29 is 4.79 Å². The molecule has 0 spiro atoms. The first-order chi connectivity index (χ1) is 9.04. The zero-order valence-electron chi connectivity index (χ0n) is 11.7. The Kier molecular flexibility index (Phi) is 5.81. The summed E-state index contributed by atoms with van der Waals surface area (Å²) in [5, 5.41) is 6.87. The molecule has 1 aliphatic carbocycles. The van der Waals surface area contributed by atoms with Crippen molar-refractivity contribution in [3.63, 3.8) is 0 Å². The molecule has 0 saturated heterocycles. The van der Waals surface area contributed by atoms with E-state index in [1.165, 1.54) is 21.8 Å². The van der Waals surface area contributed by atoms with E-state index in [1.807, 2.05) is 20.0 Å². The van der Waals surface area contributed by atoms with Crippen LogP contribution in [0.5, 0.6) is 0 Å². The fraction of sp³-hybridized carbons (Fsp3) is 0.385. The summed E-state index contributed by atoms with van der Waals surface area (Å²) < 4.78 is 1.66. The van der Waals surface area contributed by atoms with E-state index in [0.29, 0.717) is 11.6 Å². The normalized spacial score (nSPS) is 19.4. The maximum Gasteiger partial charge on any atom is 0.265 e. The molecule has 21 heavy (non-hydrogen) atoms. The highest BCUT2D eigenvalue weighted by Gasteiger charge is 2.37. The number of nitrogens with zero attached hydrogens (tertiary/aromatic N) is 2. The number of rotatable bonds is 3. The molecule has 1 saturated carbocycles. The van der Waals surface area contributed by atoms with Gasteiger partial charge in [0.05, 0.1) is 16.8 Å². The van der Waals surface area contributed by atoms with Gasteiger partial charge in [0.2, 0.25) is 0 Å². The molecular formula is C13H18Cl2N4OS. The Hall–Kier alpha value is -1.08. The first-order valence-electron chi connectivity index (χ1n) is 6.20. The Morgan fingerprint density at radius 2 is 2.19 bits per heavy atom. The van der Waals surface area contributed by atoms with Crippen LogP contribution in [0.1, 0.15) is 32.5 Å². The van der Waals surface area contributed by atoms with Gasteiger partial charge in [-0.2, -0.15) is 5.10 Å². The summed E-state index contributed by atoms with van der Waals surface area (Å²) in [4.78, 5) is 14.1. The van der Waals surface area contributed by atoms with Crippen molar-refractivity contribution in [3.8, 4) is 0 Å². The molecule has 0 aliphatic heterocycles. The Labute approximate surface area is 139 Å². The molecule has 8 heteroatoms. The Morgan fingerprint density at radius 3 is 2.71 bits per heavy atom. The van der Waals surface area contributed by atoms with Crippen LogP contribution in [0, 0.1) is 6.92 Å². The number of aryl methyl sites for hydroxylation is 2.